The van der Waals surface area contributed by atoms with Gasteiger partial charge in [0, 0.05) is 18.0 Å². The fourth-order valence-electron chi connectivity index (χ4n) is 1.79. The summed E-state index contributed by atoms with van der Waals surface area (Å²) in [5, 5.41) is 14.1. The van der Waals surface area contributed by atoms with Crippen molar-refractivity contribution in [1.29, 1.82) is 0 Å². The molecule has 104 valence electrons. The number of hydrogen-bond donors (Lipinski definition) is 1. The first-order chi connectivity index (χ1) is 9.47. The monoisotopic (exact) mass is 291 g/mol. The van der Waals surface area contributed by atoms with Gasteiger partial charge in [-0.05, 0) is 37.1 Å². The first kappa shape index (κ1) is 14.3. The molecule has 0 atom stereocenters. The Morgan fingerprint density at radius 3 is 2.70 bits per heavy atom. The number of aromatic nitrogens is 1. The van der Waals surface area contributed by atoms with Crippen molar-refractivity contribution in [3.05, 3.63) is 62.4 Å². The second kappa shape index (κ2) is 5.88. The van der Waals surface area contributed by atoms with E-state index in [9.17, 15) is 10.1 Å². The van der Waals surface area contributed by atoms with Gasteiger partial charge in [-0.1, -0.05) is 17.7 Å². The van der Waals surface area contributed by atoms with Crippen molar-refractivity contribution >= 4 is 23.0 Å². The van der Waals surface area contributed by atoms with Gasteiger partial charge in [-0.25, -0.2) is 0 Å². The lowest BCUT2D eigenvalue weighted by Crippen LogP contribution is -2.03. The molecule has 2 aromatic rings. The van der Waals surface area contributed by atoms with E-state index in [-0.39, 0.29) is 10.7 Å². The summed E-state index contributed by atoms with van der Waals surface area (Å²) in [7, 11) is 0. The van der Waals surface area contributed by atoms with Gasteiger partial charge >= 0.3 is 0 Å². The number of nitrogens with zero attached hydrogens (tertiary/aromatic N) is 2. The number of anilines is 1. The molecule has 0 unspecified atom stereocenters. The van der Waals surface area contributed by atoms with E-state index in [1.807, 2.05) is 19.1 Å². The summed E-state index contributed by atoms with van der Waals surface area (Å²) in [6.07, 6.45) is 1.80. The van der Waals surface area contributed by atoms with Crippen LogP contribution < -0.4 is 5.32 Å². The van der Waals surface area contributed by atoms with Crippen LogP contribution in [-0.2, 0) is 6.54 Å². The minimum Gasteiger partial charge on any atom is -0.379 e. The molecule has 0 aliphatic carbocycles. The van der Waals surface area contributed by atoms with E-state index >= 15 is 0 Å². The molecule has 0 saturated carbocycles. The van der Waals surface area contributed by atoms with E-state index in [1.165, 1.54) is 6.07 Å². The van der Waals surface area contributed by atoms with E-state index in [2.05, 4.69) is 10.3 Å². The van der Waals surface area contributed by atoms with Gasteiger partial charge in [0.1, 0.15) is 5.02 Å². The van der Waals surface area contributed by atoms with Gasteiger partial charge in [0.25, 0.3) is 5.69 Å². The molecule has 0 amide bonds. The fraction of sp³-hybridized carbons (Fsp3) is 0.214. The summed E-state index contributed by atoms with van der Waals surface area (Å²) < 4.78 is 0. The van der Waals surface area contributed by atoms with E-state index in [0.29, 0.717) is 6.54 Å². The van der Waals surface area contributed by atoms with Crippen LogP contribution in [0.4, 0.5) is 11.4 Å². The zero-order valence-electron chi connectivity index (χ0n) is 11.2. The highest BCUT2D eigenvalue weighted by molar-refractivity contribution is 6.33. The molecule has 0 aliphatic heterocycles. The number of aryl methyl sites for hydroxylation is 2. The van der Waals surface area contributed by atoms with Crippen molar-refractivity contribution in [1.82, 2.24) is 4.98 Å². The number of nitro benzene ring substituents is 1. The molecule has 0 fully saturated rings. The standard InChI is InChI=1S/C14H14ClN3O2/c1-9-3-4-11(16-7-9)8-17-13-6-12(15)14(18(19)20)5-10(13)2/h3-7,17H,8H2,1-2H3. The van der Waals surface area contributed by atoms with E-state index in [4.69, 9.17) is 11.6 Å². The Kier molecular flexibility index (Phi) is 4.20. The maximum atomic E-state index is 10.8. The largest absolute Gasteiger partial charge is 0.379 e. The van der Waals surface area contributed by atoms with Crippen LogP contribution >= 0.6 is 11.6 Å². The number of nitrogens with one attached hydrogen (secondary N) is 1. The van der Waals surface area contributed by atoms with Crippen molar-refractivity contribution in [2.75, 3.05) is 5.32 Å². The van der Waals surface area contributed by atoms with Gasteiger partial charge in [0.15, 0.2) is 0 Å². The molecule has 1 N–H and O–H groups in total. The van der Waals surface area contributed by atoms with E-state index < -0.39 is 4.92 Å². The fourth-order valence-corrected chi connectivity index (χ4v) is 2.02. The first-order valence-corrected chi connectivity index (χ1v) is 6.45. The summed E-state index contributed by atoms with van der Waals surface area (Å²) in [6.45, 7) is 4.31. The summed E-state index contributed by atoms with van der Waals surface area (Å²) in [4.78, 5) is 14.6. The quantitative estimate of drug-likeness (QED) is 0.686. The predicted molar refractivity (Wildman–Crippen MR) is 79.1 cm³/mol. The van der Waals surface area contributed by atoms with Gasteiger partial charge in [-0.15, -0.1) is 0 Å². The number of halogens is 1. The van der Waals surface area contributed by atoms with Crippen LogP contribution in [0.15, 0.2) is 30.5 Å². The van der Waals surface area contributed by atoms with Crippen LogP contribution in [-0.4, -0.2) is 9.91 Å². The van der Waals surface area contributed by atoms with E-state index in [0.717, 1.165) is 22.5 Å². The Morgan fingerprint density at radius 1 is 1.35 bits per heavy atom. The first-order valence-electron chi connectivity index (χ1n) is 6.07. The summed E-state index contributed by atoms with van der Waals surface area (Å²) in [5.74, 6) is 0. The SMILES string of the molecule is Cc1ccc(CNc2cc(Cl)c([N+](=O)[O-])cc2C)nc1. The van der Waals surface area contributed by atoms with Crippen molar-refractivity contribution in [3.8, 4) is 0 Å². The topological polar surface area (TPSA) is 68.1 Å². The molecule has 0 saturated heterocycles. The Labute approximate surface area is 121 Å². The molecule has 0 bridgehead atoms. The highest BCUT2D eigenvalue weighted by Gasteiger charge is 2.14. The molecule has 20 heavy (non-hydrogen) atoms. The molecule has 0 radical (unpaired) electrons. The summed E-state index contributed by atoms with van der Waals surface area (Å²) in [5.41, 5.74) is 3.45. The average Bonchev–Trinajstić information content (AvgIpc) is 2.41. The summed E-state index contributed by atoms with van der Waals surface area (Å²) >= 11 is 5.90. The zero-order valence-corrected chi connectivity index (χ0v) is 11.9. The zero-order chi connectivity index (χ0) is 14.7. The number of nitro groups is 1. The molecule has 0 spiro atoms. The molecular weight excluding hydrogens is 278 g/mol. The van der Waals surface area contributed by atoms with Crippen molar-refractivity contribution in [2.24, 2.45) is 0 Å². The second-order valence-corrected chi connectivity index (χ2v) is 4.96. The smallest absolute Gasteiger partial charge is 0.288 e. The third-order valence-electron chi connectivity index (χ3n) is 2.92. The van der Waals surface area contributed by atoms with Gasteiger partial charge in [-0.2, -0.15) is 0 Å². The molecule has 1 heterocycles. The van der Waals surface area contributed by atoms with Gasteiger partial charge in [0.2, 0.25) is 0 Å². The average molecular weight is 292 g/mol. The Morgan fingerprint density at radius 2 is 2.10 bits per heavy atom. The van der Waals surface area contributed by atoms with Gasteiger partial charge in [0.05, 0.1) is 17.2 Å². The molecule has 6 heteroatoms. The maximum Gasteiger partial charge on any atom is 0.288 e. The lowest BCUT2D eigenvalue weighted by atomic mass is 10.1. The van der Waals surface area contributed by atoms with Gasteiger partial charge < -0.3 is 5.32 Å². The maximum absolute atomic E-state index is 10.8. The third kappa shape index (κ3) is 3.24. The minimum atomic E-state index is -0.485. The lowest BCUT2D eigenvalue weighted by Gasteiger charge is -2.10. The highest BCUT2D eigenvalue weighted by atomic mass is 35.5. The molecule has 2 rings (SSSR count). The number of hydrogen-bond acceptors (Lipinski definition) is 4. The number of pyridine rings is 1. The van der Waals surface area contributed by atoms with Crippen molar-refractivity contribution in [2.45, 2.75) is 20.4 Å². The molecule has 1 aromatic heterocycles. The van der Waals surface area contributed by atoms with Crippen LogP contribution in [0.3, 0.4) is 0 Å². The van der Waals surface area contributed by atoms with Crippen LogP contribution in [0, 0.1) is 24.0 Å². The molecule has 0 aliphatic rings. The Hall–Kier alpha value is -2.14. The minimum absolute atomic E-state index is 0.0804. The van der Waals surface area contributed by atoms with Crippen LogP contribution in [0.2, 0.25) is 5.02 Å². The Balaban J connectivity index is 2.16. The normalized spacial score (nSPS) is 10.3. The van der Waals surface area contributed by atoms with Crippen molar-refractivity contribution < 1.29 is 4.92 Å². The molecule has 5 nitrogen and oxygen atoms in total. The lowest BCUT2D eigenvalue weighted by molar-refractivity contribution is -0.384. The van der Waals surface area contributed by atoms with Gasteiger partial charge in [-0.3, -0.25) is 15.1 Å². The predicted octanol–water partition coefficient (Wildman–Crippen LogP) is 3.87. The van der Waals surface area contributed by atoms with Crippen LogP contribution in [0.5, 0.6) is 0 Å². The van der Waals surface area contributed by atoms with E-state index in [1.54, 1.807) is 19.2 Å². The molecule has 1 aromatic carbocycles. The highest BCUT2D eigenvalue weighted by Crippen LogP contribution is 2.30. The van der Waals surface area contributed by atoms with Crippen LogP contribution in [0.25, 0.3) is 0 Å². The summed E-state index contributed by atoms with van der Waals surface area (Å²) in [6, 6.07) is 6.96. The Bertz CT molecular complexity index is 642. The third-order valence-corrected chi connectivity index (χ3v) is 3.23. The number of benzene rings is 1. The van der Waals surface area contributed by atoms with Crippen LogP contribution in [0.1, 0.15) is 16.8 Å². The molecular formula is C14H14ClN3O2. The van der Waals surface area contributed by atoms with Crippen molar-refractivity contribution in [3.63, 3.8) is 0 Å². The number of rotatable bonds is 4. The second-order valence-electron chi connectivity index (χ2n) is 4.56.